The standard InChI is InChI=1S/C13H12FNO3.C7H9NO3/c1-3-17-13(16)11-8(2)18-15-12(11)9-6-4-5-7-10(9)14;1-3-10-7(9)6-4-8-11-5(6)2/h4-7H,3H2,1-2H3;4H,3H2,1-2H3. The van der Waals surface area contributed by atoms with Crippen LogP contribution in [0.25, 0.3) is 11.3 Å². The first-order valence-corrected chi connectivity index (χ1v) is 8.87. The first-order chi connectivity index (χ1) is 13.9. The minimum absolute atomic E-state index is 0.168. The largest absolute Gasteiger partial charge is 0.462 e. The van der Waals surface area contributed by atoms with Crippen LogP contribution in [0.4, 0.5) is 4.39 Å². The van der Waals surface area contributed by atoms with E-state index in [0.29, 0.717) is 23.7 Å². The van der Waals surface area contributed by atoms with Gasteiger partial charge in [-0.1, -0.05) is 22.4 Å². The molecule has 0 aliphatic carbocycles. The van der Waals surface area contributed by atoms with Crippen LogP contribution in [0, 0.1) is 19.7 Å². The molecule has 0 atom stereocenters. The SMILES string of the molecule is CCOC(=O)c1c(-c2ccccc2F)noc1C.CCOC(=O)c1cnoc1C. The van der Waals surface area contributed by atoms with Crippen LogP contribution in [0.15, 0.2) is 39.5 Å². The fourth-order valence-electron chi connectivity index (χ4n) is 2.36. The Morgan fingerprint density at radius 3 is 2.24 bits per heavy atom. The van der Waals surface area contributed by atoms with Gasteiger partial charge in [-0.2, -0.15) is 0 Å². The zero-order valence-corrected chi connectivity index (χ0v) is 16.5. The Balaban J connectivity index is 0.000000234. The van der Waals surface area contributed by atoms with Crippen LogP contribution in [0.5, 0.6) is 0 Å². The van der Waals surface area contributed by atoms with Crippen LogP contribution < -0.4 is 0 Å². The van der Waals surface area contributed by atoms with Crippen molar-refractivity contribution in [1.29, 1.82) is 0 Å². The zero-order valence-electron chi connectivity index (χ0n) is 16.5. The predicted molar refractivity (Wildman–Crippen MR) is 99.8 cm³/mol. The van der Waals surface area contributed by atoms with Crippen molar-refractivity contribution in [2.45, 2.75) is 27.7 Å². The van der Waals surface area contributed by atoms with E-state index < -0.39 is 11.8 Å². The van der Waals surface area contributed by atoms with Crippen LogP contribution in [-0.4, -0.2) is 35.5 Å². The summed E-state index contributed by atoms with van der Waals surface area (Å²) in [5.41, 5.74) is 0.954. The maximum atomic E-state index is 13.7. The molecule has 0 aliphatic rings. The van der Waals surface area contributed by atoms with Gasteiger partial charge in [0, 0.05) is 5.56 Å². The van der Waals surface area contributed by atoms with Gasteiger partial charge in [0.15, 0.2) is 0 Å². The van der Waals surface area contributed by atoms with Gasteiger partial charge in [-0.3, -0.25) is 0 Å². The van der Waals surface area contributed by atoms with Gasteiger partial charge < -0.3 is 18.5 Å². The van der Waals surface area contributed by atoms with Crippen molar-refractivity contribution in [2.24, 2.45) is 0 Å². The number of halogens is 1. The predicted octanol–water partition coefficient (Wildman–Crippen LogP) is 4.13. The van der Waals surface area contributed by atoms with Gasteiger partial charge in [0.05, 0.1) is 19.4 Å². The van der Waals surface area contributed by atoms with Crippen molar-refractivity contribution in [3.63, 3.8) is 0 Å². The van der Waals surface area contributed by atoms with Crippen LogP contribution in [0.1, 0.15) is 46.1 Å². The highest BCUT2D eigenvalue weighted by molar-refractivity contribution is 5.97. The molecule has 0 bridgehead atoms. The summed E-state index contributed by atoms with van der Waals surface area (Å²) in [7, 11) is 0. The third-order valence-corrected chi connectivity index (χ3v) is 3.72. The lowest BCUT2D eigenvalue weighted by atomic mass is 10.1. The van der Waals surface area contributed by atoms with E-state index in [1.165, 1.54) is 18.3 Å². The second-order valence-corrected chi connectivity index (χ2v) is 5.68. The molecule has 2 aromatic heterocycles. The Bertz CT molecular complexity index is 979. The minimum Gasteiger partial charge on any atom is -0.462 e. The number of esters is 2. The molecule has 0 saturated carbocycles. The Morgan fingerprint density at radius 2 is 1.66 bits per heavy atom. The number of rotatable bonds is 5. The van der Waals surface area contributed by atoms with E-state index >= 15 is 0 Å². The summed E-state index contributed by atoms with van der Waals surface area (Å²) >= 11 is 0. The summed E-state index contributed by atoms with van der Waals surface area (Å²) in [5, 5.41) is 7.18. The summed E-state index contributed by atoms with van der Waals surface area (Å²) in [6, 6.07) is 6.07. The van der Waals surface area contributed by atoms with Gasteiger partial charge in [-0.15, -0.1) is 0 Å². The normalized spacial score (nSPS) is 10.1. The lowest BCUT2D eigenvalue weighted by Crippen LogP contribution is -2.07. The van der Waals surface area contributed by atoms with Crippen molar-refractivity contribution >= 4 is 11.9 Å². The van der Waals surface area contributed by atoms with Crippen LogP contribution in [-0.2, 0) is 9.47 Å². The highest BCUT2D eigenvalue weighted by atomic mass is 19.1. The van der Waals surface area contributed by atoms with E-state index in [0.717, 1.165) is 0 Å². The molecular weight excluding hydrogens is 383 g/mol. The number of benzene rings is 1. The molecule has 8 nitrogen and oxygen atoms in total. The molecule has 0 amide bonds. The lowest BCUT2D eigenvalue weighted by Gasteiger charge is -2.03. The second-order valence-electron chi connectivity index (χ2n) is 5.68. The molecule has 0 unspecified atom stereocenters. The monoisotopic (exact) mass is 404 g/mol. The number of hydrogen-bond donors (Lipinski definition) is 0. The summed E-state index contributed by atoms with van der Waals surface area (Å²) in [6.45, 7) is 7.30. The second kappa shape index (κ2) is 10.2. The number of hydrogen-bond acceptors (Lipinski definition) is 8. The number of carbonyl (C=O) groups excluding carboxylic acids is 2. The number of carbonyl (C=O) groups is 2. The van der Waals surface area contributed by atoms with E-state index in [2.05, 4.69) is 14.8 Å². The fourth-order valence-corrected chi connectivity index (χ4v) is 2.36. The molecule has 0 saturated heterocycles. The van der Waals surface area contributed by atoms with Crippen molar-refractivity contribution < 1.29 is 32.5 Å². The number of nitrogens with zero attached hydrogens (tertiary/aromatic N) is 2. The number of ether oxygens (including phenoxy) is 2. The quantitative estimate of drug-likeness (QED) is 0.585. The fraction of sp³-hybridized carbons (Fsp3) is 0.300. The Morgan fingerprint density at radius 1 is 1.00 bits per heavy atom. The van der Waals surface area contributed by atoms with E-state index in [1.54, 1.807) is 39.8 Å². The average molecular weight is 404 g/mol. The molecule has 29 heavy (non-hydrogen) atoms. The molecule has 2 heterocycles. The highest BCUT2D eigenvalue weighted by Crippen LogP contribution is 2.27. The lowest BCUT2D eigenvalue weighted by molar-refractivity contribution is 0.0515. The van der Waals surface area contributed by atoms with E-state index in [-0.39, 0.29) is 29.4 Å². The molecule has 3 aromatic rings. The van der Waals surface area contributed by atoms with Gasteiger partial charge in [0.1, 0.15) is 34.2 Å². The third-order valence-electron chi connectivity index (χ3n) is 3.72. The summed E-state index contributed by atoms with van der Waals surface area (Å²) in [4.78, 5) is 22.8. The Labute approximate surface area is 166 Å². The zero-order chi connectivity index (χ0) is 21.4. The molecule has 0 radical (unpaired) electrons. The van der Waals surface area contributed by atoms with E-state index in [4.69, 9.17) is 14.0 Å². The first kappa shape index (κ1) is 21.8. The summed E-state index contributed by atoms with van der Waals surface area (Å²) in [5.74, 6) is -0.604. The van der Waals surface area contributed by atoms with Gasteiger partial charge in [0.25, 0.3) is 0 Å². The van der Waals surface area contributed by atoms with Crippen LogP contribution in [0.3, 0.4) is 0 Å². The summed E-state index contributed by atoms with van der Waals surface area (Å²) in [6.07, 6.45) is 1.35. The average Bonchev–Trinajstić information content (AvgIpc) is 3.29. The molecule has 1 aromatic carbocycles. The third kappa shape index (κ3) is 5.28. The minimum atomic E-state index is -0.561. The molecule has 9 heteroatoms. The van der Waals surface area contributed by atoms with Gasteiger partial charge in [-0.25, -0.2) is 14.0 Å². The Kier molecular flexibility index (Phi) is 7.64. The molecular formula is C20H21FN2O6. The van der Waals surface area contributed by atoms with Gasteiger partial charge >= 0.3 is 11.9 Å². The van der Waals surface area contributed by atoms with E-state index in [9.17, 15) is 14.0 Å². The van der Waals surface area contributed by atoms with Crippen molar-refractivity contribution in [3.05, 3.63) is 58.9 Å². The molecule has 0 fully saturated rings. The van der Waals surface area contributed by atoms with Crippen LogP contribution >= 0.6 is 0 Å². The van der Waals surface area contributed by atoms with Crippen molar-refractivity contribution in [1.82, 2.24) is 10.3 Å². The van der Waals surface area contributed by atoms with Crippen LogP contribution in [0.2, 0.25) is 0 Å². The smallest absolute Gasteiger partial charge is 0.344 e. The number of aryl methyl sites for hydroxylation is 2. The number of aromatic nitrogens is 2. The highest BCUT2D eigenvalue weighted by Gasteiger charge is 2.24. The topological polar surface area (TPSA) is 105 Å². The molecule has 0 N–H and O–H groups in total. The van der Waals surface area contributed by atoms with Gasteiger partial charge in [-0.05, 0) is 39.8 Å². The van der Waals surface area contributed by atoms with E-state index in [1.807, 2.05) is 0 Å². The van der Waals surface area contributed by atoms with Gasteiger partial charge in [0.2, 0.25) is 0 Å². The maximum Gasteiger partial charge on any atom is 0.344 e. The van der Waals surface area contributed by atoms with Crippen molar-refractivity contribution in [2.75, 3.05) is 13.2 Å². The summed E-state index contributed by atoms with van der Waals surface area (Å²) < 4.78 is 33.0. The molecule has 3 rings (SSSR count). The maximum absolute atomic E-state index is 13.7. The molecule has 0 aliphatic heterocycles. The molecule has 154 valence electrons. The first-order valence-electron chi connectivity index (χ1n) is 8.87. The molecule has 0 spiro atoms. The Hall–Kier alpha value is -3.49. The van der Waals surface area contributed by atoms with Crippen molar-refractivity contribution in [3.8, 4) is 11.3 Å².